The Labute approximate surface area is 122 Å². The standard InChI is InChI=1S/C13H16N2O3S2/c1-9-3-10(2)13(4-11(9)6-16)20(17,18)15-5-12-7-19-8-14-12/h3-4,7-8,15-16H,5-6H2,1-2H3. The molecule has 0 saturated carbocycles. The molecule has 20 heavy (non-hydrogen) atoms. The molecule has 0 amide bonds. The van der Waals surface area contributed by atoms with Gasteiger partial charge in [-0.05, 0) is 36.6 Å². The predicted octanol–water partition coefficient (Wildman–Crippen LogP) is 1.73. The van der Waals surface area contributed by atoms with Gasteiger partial charge in [0.2, 0.25) is 10.0 Å². The van der Waals surface area contributed by atoms with Gasteiger partial charge >= 0.3 is 0 Å². The molecule has 0 spiro atoms. The van der Waals surface area contributed by atoms with Crippen molar-refractivity contribution in [1.82, 2.24) is 9.71 Å². The second kappa shape index (κ2) is 6.01. The lowest BCUT2D eigenvalue weighted by Crippen LogP contribution is -2.24. The van der Waals surface area contributed by atoms with Crippen LogP contribution in [0.15, 0.2) is 27.9 Å². The van der Waals surface area contributed by atoms with Crippen molar-refractivity contribution in [3.05, 3.63) is 45.4 Å². The van der Waals surface area contributed by atoms with Crippen LogP contribution in [0.1, 0.15) is 22.4 Å². The third-order valence-electron chi connectivity index (χ3n) is 3.02. The monoisotopic (exact) mass is 312 g/mol. The van der Waals surface area contributed by atoms with Crippen molar-refractivity contribution in [2.24, 2.45) is 0 Å². The summed E-state index contributed by atoms with van der Waals surface area (Å²) in [5, 5.41) is 11.1. The molecule has 2 rings (SSSR count). The van der Waals surface area contributed by atoms with E-state index in [0.717, 1.165) is 5.56 Å². The van der Waals surface area contributed by atoms with E-state index in [2.05, 4.69) is 9.71 Å². The fourth-order valence-corrected chi connectivity index (χ4v) is 3.74. The van der Waals surface area contributed by atoms with Crippen LogP contribution in [0.3, 0.4) is 0 Å². The predicted molar refractivity (Wildman–Crippen MR) is 78.0 cm³/mol. The maximum atomic E-state index is 12.3. The second-order valence-corrected chi connectivity index (χ2v) is 6.96. The number of nitrogens with one attached hydrogen (secondary N) is 1. The fraction of sp³-hybridized carbons (Fsp3) is 0.308. The fourth-order valence-electron chi connectivity index (χ4n) is 1.91. The summed E-state index contributed by atoms with van der Waals surface area (Å²) in [6, 6.07) is 3.29. The number of aryl methyl sites for hydroxylation is 2. The Bertz CT molecular complexity index is 695. The summed E-state index contributed by atoms with van der Waals surface area (Å²) in [5.41, 5.74) is 4.49. The van der Waals surface area contributed by atoms with Crippen molar-refractivity contribution in [3.8, 4) is 0 Å². The minimum Gasteiger partial charge on any atom is -0.392 e. The second-order valence-electron chi connectivity index (χ2n) is 4.51. The molecule has 5 nitrogen and oxygen atoms in total. The van der Waals surface area contributed by atoms with E-state index in [1.807, 2.05) is 6.92 Å². The molecule has 2 aromatic rings. The Morgan fingerprint density at radius 2 is 2.05 bits per heavy atom. The quantitative estimate of drug-likeness (QED) is 0.881. The van der Waals surface area contributed by atoms with E-state index in [9.17, 15) is 13.5 Å². The third kappa shape index (κ3) is 3.24. The Hall–Kier alpha value is -1.28. The lowest BCUT2D eigenvalue weighted by molar-refractivity contribution is 0.280. The van der Waals surface area contributed by atoms with Gasteiger partial charge in [0.25, 0.3) is 0 Å². The summed E-state index contributed by atoms with van der Waals surface area (Å²) in [6.07, 6.45) is 0. The van der Waals surface area contributed by atoms with Crippen LogP contribution in [0, 0.1) is 13.8 Å². The van der Waals surface area contributed by atoms with Crippen molar-refractivity contribution in [3.63, 3.8) is 0 Å². The summed E-state index contributed by atoms with van der Waals surface area (Å²) in [6.45, 7) is 3.57. The average molecular weight is 312 g/mol. The summed E-state index contributed by atoms with van der Waals surface area (Å²) < 4.78 is 27.1. The van der Waals surface area contributed by atoms with Crippen molar-refractivity contribution >= 4 is 21.4 Å². The van der Waals surface area contributed by atoms with Crippen LogP contribution < -0.4 is 4.72 Å². The maximum Gasteiger partial charge on any atom is 0.241 e. The highest BCUT2D eigenvalue weighted by atomic mass is 32.2. The van der Waals surface area contributed by atoms with Gasteiger partial charge in [0.15, 0.2) is 0 Å². The Morgan fingerprint density at radius 3 is 2.65 bits per heavy atom. The van der Waals surface area contributed by atoms with Crippen molar-refractivity contribution < 1.29 is 13.5 Å². The van der Waals surface area contributed by atoms with Gasteiger partial charge < -0.3 is 5.11 Å². The number of benzene rings is 1. The normalized spacial score (nSPS) is 11.8. The minimum atomic E-state index is -3.61. The maximum absolute atomic E-state index is 12.3. The number of nitrogens with zero attached hydrogens (tertiary/aromatic N) is 1. The van der Waals surface area contributed by atoms with Gasteiger partial charge in [-0.3, -0.25) is 0 Å². The third-order valence-corrected chi connectivity index (χ3v) is 5.20. The molecule has 0 aliphatic carbocycles. The molecule has 0 aliphatic heterocycles. The van der Waals surface area contributed by atoms with Gasteiger partial charge in [-0.2, -0.15) is 0 Å². The topological polar surface area (TPSA) is 79.3 Å². The summed E-state index contributed by atoms with van der Waals surface area (Å²) in [7, 11) is -3.61. The smallest absolute Gasteiger partial charge is 0.241 e. The Morgan fingerprint density at radius 1 is 1.30 bits per heavy atom. The summed E-state index contributed by atoms with van der Waals surface area (Å²) in [5.74, 6) is 0. The van der Waals surface area contributed by atoms with Gasteiger partial charge in [-0.1, -0.05) is 6.07 Å². The van der Waals surface area contributed by atoms with Gasteiger partial charge in [-0.15, -0.1) is 11.3 Å². The molecule has 0 fully saturated rings. The molecule has 7 heteroatoms. The zero-order valence-corrected chi connectivity index (χ0v) is 12.9. The van der Waals surface area contributed by atoms with Crippen LogP contribution in [0.2, 0.25) is 0 Å². The highest BCUT2D eigenvalue weighted by molar-refractivity contribution is 7.89. The molecule has 0 unspecified atom stereocenters. The van der Waals surface area contributed by atoms with Crippen LogP contribution in [0.25, 0.3) is 0 Å². The van der Waals surface area contributed by atoms with E-state index < -0.39 is 10.0 Å². The van der Waals surface area contributed by atoms with Crippen molar-refractivity contribution in [2.75, 3.05) is 0 Å². The average Bonchev–Trinajstić information content (AvgIpc) is 2.89. The van der Waals surface area contributed by atoms with E-state index in [4.69, 9.17) is 0 Å². The first kappa shape index (κ1) is 15.1. The highest BCUT2D eigenvalue weighted by Crippen LogP contribution is 2.20. The van der Waals surface area contributed by atoms with Gasteiger partial charge in [0.1, 0.15) is 0 Å². The molecule has 0 bridgehead atoms. The molecular weight excluding hydrogens is 296 g/mol. The number of hydrogen-bond acceptors (Lipinski definition) is 5. The minimum absolute atomic E-state index is 0.160. The van der Waals surface area contributed by atoms with Crippen molar-refractivity contribution in [1.29, 1.82) is 0 Å². The summed E-state index contributed by atoms with van der Waals surface area (Å²) in [4.78, 5) is 4.23. The molecular formula is C13H16N2O3S2. The zero-order chi connectivity index (χ0) is 14.8. The SMILES string of the molecule is Cc1cc(C)c(S(=O)(=O)NCc2cscn2)cc1CO. The van der Waals surface area contributed by atoms with E-state index in [-0.39, 0.29) is 18.0 Å². The zero-order valence-electron chi connectivity index (χ0n) is 11.3. The van der Waals surface area contributed by atoms with Gasteiger partial charge in [0.05, 0.1) is 29.3 Å². The van der Waals surface area contributed by atoms with Crippen LogP contribution in [0.5, 0.6) is 0 Å². The molecule has 108 valence electrons. The number of aliphatic hydroxyl groups excluding tert-OH is 1. The molecule has 0 saturated heterocycles. The van der Waals surface area contributed by atoms with E-state index in [0.29, 0.717) is 16.8 Å². The molecule has 0 radical (unpaired) electrons. The Balaban J connectivity index is 2.29. The summed E-state index contributed by atoms with van der Waals surface area (Å²) >= 11 is 1.42. The van der Waals surface area contributed by atoms with Gasteiger partial charge in [-0.25, -0.2) is 18.1 Å². The lowest BCUT2D eigenvalue weighted by Gasteiger charge is -2.12. The largest absolute Gasteiger partial charge is 0.392 e. The molecule has 1 heterocycles. The number of aromatic nitrogens is 1. The lowest BCUT2D eigenvalue weighted by atomic mass is 10.1. The molecule has 1 aromatic carbocycles. The first-order valence-corrected chi connectivity index (χ1v) is 8.44. The van der Waals surface area contributed by atoms with Crippen LogP contribution in [0.4, 0.5) is 0 Å². The van der Waals surface area contributed by atoms with Crippen LogP contribution in [-0.4, -0.2) is 18.5 Å². The number of rotatable bonds is 5. The first-order chi connectivity index (χ1) is 9.44. The molecule has 1 aromatic heterocycles. The van der Waals surface area contributed by atoms with E-state index >= 15 is 0 Å². The van der Waals surface area contributed by atoms with Crippen LogP contribution >= 0.6 is 11.3 Å². The van der Waals surface area contributed by atoms with Crippen LogP contribution in [-0.2, 0) is 23.2 Å². The number of thiazole rings is 1. The van der Waals surface area contributed by atoms with Gasteiger partial charge in [0, 0.05) is 5.38 Å². The van der Waals surface area contributed by atoms with E-state index in [1.54, 1.807) is 23.9 Å². The number of aliphatic hydroxyl groups is 1. The van der Waals surface area contributed by atoms with Crippen molar-refractivity contribution in [2.45, 2.75) is 31.9 Å². The molecule has 0 aliphatic rings. The molecule has 2 N–H and O–H groups in total. The van der Waals surface area contributed by atoms with E-state index in [1.165, 1.54) is 17.4 Å². The molecule has 0 atom stereocenters. The Kier molecular flexibility index (Phi) is 4.54. The number of sulfonamides is 1. The highest BCUT2D eigenvalue weighted by Gasteiger charge is 2.18. The number of hydrogen-bond donors (Lipinski definition) is 2. The first-order valence-electron chi connectivity index (χ1n) is 6.02.